The number of nitrogens with one attached hydrogen (secondary N) is 1. The van der Waals surface area contributed by atoms with Crippen molar-refractivity contribution in [2.45, 2.75) is 24.7 Å². The van der Waals surface area contributed by atoms with Crippen molar-refractivity contribution < 1.29 is 9.53 Å². The highest BCUT2D eigenvalue weighted by molar-refractivity contribution is 6.80. The van der Waals surface area contributed by atoms with Gasteiger partial charge >= 0.3 is 6.09 Å². The molecule has 148 valence electrons. The molecule has 3 aromatic carbocycles. The Morgan fingerprint density at radius 3 is 1.93 bits per heavy atom. The molecular formula is C24H24ClNO2Si. The molecule has 5 heteroatoms. The monoisotopic (exact) mass is 421 g/mol. The van der Waals surface area contributed by atoms with Crippen LogP contribution in [0.3, 0.4) is 0 Å². The molecule has 1 N–H and O–H groups in total. The van der Waals surface area contributed by atoms with E-state index in [-0.39, 0.29) is 5.04 Å². The summed E-state index contributed by atoms with van der Waals surface area (Å²) < 4.78 is 5.86. The number of hydrogen-bond donors (Lipinski definition) is 1. The number of amides is 1. The molecule has 0 saturated carbocycles. The minimum atomic E-state index is -1.87. The molecule has 0 radical (unpaired) electrons. The highest BCUT2D eigenvalue weighted by atomic mass is 35.5. The summed E-state index contributed by atoms with van der Waals surface area (Å²) >= 11 is 5.92. The third-order valence-corrected chi connectivity index (χ3v) is 9.35. The Bertz CT molecular complexity index is 1010. The molecule has 0 aromatic heterocycles. The molecule has 0 atom stereocenters. The maximum absolute atomic E-state index is 12.6. The zero-order valence-corrected chi connectivity index (χ0v) is 18.6. The molecule has 1 amide bonds. The minimum Gasteiger partial charge on any atom is -0.448 e. The SMILES string of the molecule is C[Si](C)(C)C1(COC(=O)Nc2ccc(Cl)cc2)c2ccccc2-c2ccccc21. The highest BCUT2D eigenvalue weighted by Crippen LogP contribution is 2.53. The van der Waals surface area contributed by atoms with Crippen molar-refractivity contribution in [1.82, 2.24) is 0 Å². The van der Waals surface area contributed by atoms with Gasteiger partial charge in [-0.3, -0.25) is 5.32 Å². The first kappa shape index (κ1) is 19.7. The zero-order valence-electron chi connectivity index (χ0n) is 16.8. The van der Waals surface area contributed by atoms with Crippen molar-refractivity contribution in [1.29, 1.82) is 0 Å². The number of carbonyl (C=O) groups excluding carboxylic acids is 1. The first-order valence-corrected chi connectivity index (χ1v) is 13.6. The Morgan fingerprint density at radius 1 is 0.897 bits per heavy atom. The third-order valence-electron chi connectivity index (χ3n) is 5.85. The summed E-state index contributed by atoms with van der Waals surface area (Å²) in [5, 5.41) is 3.14. The number of rotatable bonds is 4. The van der Waals surface area contributed by atoms with Crippen LogP contribution < -0.4 is 5.32 Å². The zero-order chi connectivity index (χ0) is 20.6. The molecule has 29 heavy (non-hydrogen) atoms. The van der Waals surface area contributed by atoms with E-state index in [4.69, 9.17) is 16.3 Å². The van der Waals surface area contributed by atoms with Crippen LogP contribution in [0, 0.1) is 0 Å². The topological polar surface area (TPSA) is 38.3 Å². The Balaban J connectivity index is 1.68. The minimum absolute atomic E-state index is 0.294. The molecule has 1 aliphatic carbocycles. The normalized spacial score (nSPS) is 14.1. The molecule has 3 aromatic rings. The van der Waals surface area contributed by atoms with E-state index in [0.717, 1.165) is 0 Å². The van der Waals surface area contributed by atoms with E-state index in [9.17, 15) is 4.79 Å². The summed E-state index contributed by atoms with van der Waals surface area (Å²) in [5.41, 5.74) is 5.67. The predicted octanol–water partition coefficient (Wildman–Crippen LogP) is 6.73. The first-order valence-electron chi connectivity index (χ1n) is 9.72. The van der Waals surface area contributed by atoms with Gasteiger partial charge in [0.2, 0.25) is 0 Å². The standard InChI is InChI=1S/C24H24ClNO2Si/c1-29(2,3)24(16-28-23(27)26-18-14-12-17(25)13-15-18)21-10-6-4-8-19(21)20-9-5-7-11-22(20)24/h4-15H,16H2,1-3H3,(H,26,27). The largest absolute Gasteiger partial charge is 0.448 e. The first-order chi connectivity index (χ1) is 13.8. The van der Waals surface area contributed by atoms with Gasteiger partial charge in [0.25, 0.3) is 0 Å². The van der Waals surface area contributed by atoms with E-state index in [1.54, 1.807) is 24.3 Å². The van der Waals surface area contributed by atoms with E-state index in [1.807, 2.05) is 0 Å². The lowest BCUT2D eigenvalue weighted by Gasteiger charge is -2.42. The lowest BCUT2D eigenvalue weighted by atomic mass is 9.96. The number of anilines is 1. The lowest BCUT2D eigenvalue weighted by molar-refractivity contribution is 0.151. The summed E-state index contributed by atoms with van der Waals surface area (Å²) in [7, 11) is -1.87. The van der Waals surface area contributed by atoms with E-state index in [0.29, 0.717) is 17.3 Å². The number of carbonyl (C=O) groups is 1. The summed E-state index contributed by atoms with van der Waals surface area (Å²) in [5.74, 6) is 0. The van der Waals surface area contributed by atoms with Gasteiger partial charge in [-0.25, -0.2) is 4.79 Å². The number of fused-ring (bicyclic) bond motifs is 3. The molecule has 4 rings (SSSR count). The smallest absolute Gasteiger partial charge is 0.411 e. The molecule has 0 fully saturated rings. The van der Waals surface area contributed by atoms with Crippen LogP contribution in [0.4, 0.5) is 10.5 Å². The highest BCUT2D eigenvalue weighted by Gasteiger charge is 2.52. The maximum Gasteiger partial charge on any atom is 0.411 e. The van der Waals surface area contributed by atoms with E-state index in [1.165, 1.54) is 22.3 Å². The van der Waals surface area contributed by atoms with Crippen molar-refractivity contribution in [3.63, 3.8) is 0 Å². The summed E-state index contributed by atoms with van der Waals surface area (Å²) in [6.45, 7) is 7.33. The number of halogens is 1. The molecular weight excluding hydrogens is 398 g/mol. The molecule has 1 aliphatic rings. The third kappa shape index (κ3) is 3.37. The summed E-state index contributed by atoms with van der Waals surface area (Å²) in [4.78, 5) is 12.6. The van der Waals surface area contributed by atoms with Crippen LogP contribution in [-0.4, -0.2) is 20.8 Å². The second kappa shape index (κ2) is 7.36. The number of ether oxygens (including phenoxy) is 1. The molecule has 3 nitrogen and oxygen atoms in total. The Labute approximate surface area is 177 Å². The van der Waals surface area contributed by atoms with Gasteiger partial charge in [-0.2, -0.15) is 0 Å². The van der Waals surface area contributed by atoms with E-state index in [2.05, 4.69) is 73.5 Å². The van der Waals surface area contributed by atoms with Gasteiger partial charge in [0.1, 0.15) is 6.61 Å². The average Bonchev–Trinajstić information content (AvgIpc) is 2.99. The van der Waals surface area contributed by atoms with Gasteiger partial charge < -0.3 is 4.74 Å². The predicted molar refractivity (Wildman–Crippen MR) is 122 cm³/mol. The average molecular weight is 422 g/mol. The van der Waals surface area contributed by atoms with Crippen LogP contribution in [0.2, 0.25) is 24.7 Å². The Hall–Kier alpha value is -2.56. The number of benzene rings is 3. The van der Waals surface area contributed by atoms with Gasteiger partial charge in [-0.1, -0.05) is 79.8 Å². The van der Waals surface area contributed by atoms with Gasteiger partial charge in [0.15, 0.2) is 0 Å². The fourth-order valence-electron chi connectivity index (χ4n) is 4.37. The van der Waals surface area contributed by atoms with Gasteiger partial charge in [0, 0.05) is 15.7 Å². The van der Waals surface area contributed by atoms with Crippen LogP contribution in [-0.2, 0) is 9.78 Å². The van der Waals surface area contributed by atoms with Crippen LogP contribution in [0.1, 0.15) is 11.1 Å². The molecule has 0 aliphatic heterocycles. The van der Waals surface area contributed by atoms with Gasteiger partial charge in [-0.15, -0.1) is 0 Å². The second-order valence-electron chi connectivity index (χ2n) is 8.45. The fourth-order valence-corrected chi connectivity index (χ4v) is 7.05. The maximum atomic E-state index is 12.6. The van der Waals surface area contributed by atoms with Crippen LogP contribution >= 0.6 is 11.6 Å². The summed E-state index contributed by atoms with van der Waals surface area (Å²) in [6.07, 6.45) is -0.452. The molecule has 0 bridgehead atoms. The summed E-state index contributed by atoms with van der Waals surface area (Å²) in [6, 6.07) is 24.0. The number of hydrogen-bond acceptors (Lipinski definition) is 2. The van der Waals surface area contributed by atoms with Crippen molar-refractivity contribution in [2.75, 3.05) is 11.9 Å². The quantitative estimate of drug-likeness (QED) is 0.474. The van der Waals surface area contributed by atoms with Crippen molar-refractivity contribution in [2.24, 2.45) is 0 Å². The molecule has 0 heterocycles. The van der Waals surface area contributed by atoms with Crippen molar-refractivity contribution >= 4 is 31.5 Å². The molecule has 0 unspecified atom stereocenters. The van der Waals surface area contributed by atoms with Crippen molar-refractivity contribution in [3.05, 3.63) is 88.9 Å². The Morgan fingerprint density at radius 2 is 1.41 bits per heavy atom. The molecule has 0 saturated heterocycles. The fraction of sp³-hybridized carbons (Fsp3) is 0.208. The van der Waals surface area contributed by atoms with Gasteiger partial charge in [-0.05, 0) is 46.5 Å². The van der Waals surface area contributed by atoms with Crippen LogP contribution in [0.15, 0.2) is 72.8 Å². The van der Waals surface area contributed by atoms with Gasteiger partial charge in [0.05, 0.1) is 8.07 Å². The van der Waals surface area contributed by atoms with Crippen LogP contribution in [0.25, 0.3) is 11.1 Å². The molecule has 0 spiro atoms. The lowest BCUT2D eigenvalue weighted by Crippen LogP contribution is -2.53. The van der Waals surface area contributed by atoms with E-state index >= 15 is 0 Å². The Kier molecular flexibility index (Phi) is 5.01. The van der Waals surface area contributed by atoms with Crippen molar-refractivity contribution in [3.8, 4) is 11.1 Å². The van der Waals surface area contributed by atoms with E-state index < -0.39 is 14.2 Å². The second-order valence-corrected chi connectivity index (χ2v) is 14.2. The van der Waals surface area contributed by atoms with Crippen LogP contribution in [0.5, 0.6) is 0 Å².